The summed E-state index contributed by atoms with van der Waals surface area (Å²) in [6, 6.07) is 7.86. The van der Waals surface area contributed by atoms with Crippen LogP contribution in [0.5, 0.6) is 0 Å². The molecule has 0 bridgehead atoms. The van der Waals surface area contributed by atoms with Crippen molar-refractivity contribution in [3.8, 4) is 11.1 Å². The van der Waals surface area contributed by atoms with Crippen LogP contribution in [0.2, 0.25) is 0 Å². The minimum absolute atomic E-state index is 0.0480. The van der Waals surface area contributed by atoms with Crippen molar-refractivity contribution in [3.05, 3.63) is 59.4 Å². The number of rotatable bonds is 5. The molecule has 0 radical (unpaired) electrons. The molecule has 3 atom stereocenters. The van der Waals surface area contributed by atoms with E-state index < -0.39 is 17.5 Å². The van der Waals surface area contributed by atoms with Crippen LogP contribution in [0.15, 0.2) is 36.4 Å². The third-order valence-electron chi connectivity index (χ3n) is 5.77. The number of hydrogen-bond donors (Lipinski definition) is 1. The summed E-state index contributed by atoms with van der Waals surface area (Å²) in [6.07, 6.45) is 4.50. The lowest BCUT2D eigenvalue weighted by Gasteiger charge is -2.33. The van der Waals surface area contributed by atoms with Gasteiger partial charge in [0.05, 0.1) is 5.56 Å². The Bertz CT molecular complexity index is 901. The highest BCUT2D eigenvalue weighted by Gasteiger charge is 2.47. The molecule has 3 nitrogen and oxygen atoms in total. The standard InChI is InChI=1S/C22H23F3N2OS/c1-29-26-14-4-3-9-27(12-14)22(28)18-11-17(18)16-10-13(23)7-8-15(16)21-19(24)5-2-6-20(21)25/h2,5-8,10,14,17-18,26H,3-4,9,11-12H2,1H3. The average molecular weight is 421 g/mol. The fourth-order valence-electron chi connectivity index (χ4n) is 4.31. The van der Waals surface area contributed by atoms with Crippen molar-refractivity contribution in [1.82, 2.24) is 9.62 Å². The molecule has 0 aromatic heterocycles. The summed E-state index contributed by atoms with van der Waals surface area (Å²) in [4.78, 5) is 14.9. The molecule has 1 aliphatic carbocycles. The zero-order chi connectivity index (χ0) is 20.5. The summed E-state index contributed by atoms with van der Waals surface area (Å²) < 4.78 is 46.0. The summed E-state index contributed by atoms with van der Waals surface area (Å²) in [5.41, 5.74) is 0.661. The molecule has 1 aliphatic heterocycles. The predicted molar refractivity (Wildman–Crippen MR) is 109 cm³/mol. The minimum Gasteiger partial charge on any atom is -0.341 e. The van der Waals surface area contributed by atoms with Crippen LogP contribution in [-0.2, 0) is 4.79 Å². The molecule has 1 heterocycles. The molecular weight excluding hydrogens is 397 g/mol. The monoisotopic (exact) mass is 420 g/mol. The van der Waals surface area contributed by atoms with Crippen molar-refractivity contribution < 1.29 is 18.0 Å². The van der Waals surface area contributed by atoms with Gasteiger partial charge < -0.3 is 4.90 Å². The van der Waals surface area contributed by atoms with E-state index in [1.54, 1.807) is 11.9 Å². The van der Waals surface area contributed by atoms with Crippen molar-refractivity contribution in [1.29, 1.82) is 0 Å². The molecule has 1 saturated heterocycles. The Morgan fingerprint density at radius 3 is 2.66 bits per heavy atom. The van der Waals surface area contributed by atoms with Crippen LogP contribution in [0.25, 0.3) is 11.1 Å². The molecule has 2 aliphatic rings. The Morgan fingerprint density at radius 1 is 1.17 bits per heavy atom. The topological polar surface area (TPSA) is 32.3 Å². The molecule has 4 rings (SSSR count). The molecule has 1 N–H and O–H groups in total. The molecule has 154 valence electrons. The van der Waals surface area contributed by atoms with Crippen LogP contribution in [0.1, 0.15) is 30.7 Å². The van der Waals surface area contributed by atoms with Gasteiger partial charge in [0, 0.05) is 25.0 Å². The van der Waals surface area contributed by atoms with Gasteiger partial charge in [-0.3, -0.25) is 9.52 Å². The van der Waals surface area contributed by atoms with Crippen molar-refractivity contribution in [2.24, 2.45) is 5.92 Å². The first-order valence-electron chi connectivity index (χ1n) is 9.80. The second-order valence-corrected chi connectivity index (χ2v) is 8.37. The summed E-state index contributed by atoms with van der Waals surface area (Å²) in [6.45, 7) is 1.37. The number of amides is 1. The van der Waals surface area contributed by atoms with E-state index >= 15 is 0 Å². The van der Waals surface area contributed by atoms with Crippen LogP contribution < -0.4 is 4.72 Å². The first-order valence-corrected chi connectivity index (χ1v) is 11.0. The maximum Gasteiger partial charge on any atom is 0.226 e. The number of likely N-dealkylation sites (tertiary alicyclic amines) is 1. The Morgan fingerprint density at radius 2 is 1.93 bits per heavy atom. The highest BCUT2D eigenvalue weighted by Crippen LogP contribution is 2.52. The van der Waals surface area contributed by atoms with Gasteiger partial charge >= 0.3 is 0 Å². The van der Waals surface area contributed by atoms with Crippen LogP contribution >= 0.6 is 11.9 Å². The first kappa shape index (κ1) is 20.3. The quantitative estimate of drug-likeness (QED) is 0.710. The number of carbonyl (C=O) groups is 1. The number of piperidine rings is 1. The Hall–Kier alpha value is -1.99. The maximum absolute atomic E-state index is 14.3. The molecule has 29 heavy (non-hydrogen) atoms. The van der Waals surface area contributed by atoms with E-state index in [0.29, 0.717) is 30.6 Å². The van der Waals surface area contributed by atoms with E-state index in [0.717, 1.165) is 12.8 Å². The number of hydrogen-bond acceptors (Lipinski definition) is 3. The number of carbonyl (C=O) groups excluding carboxylic acids is 1. The van der Waals surface area contributed by atoms with Gasteiger partial charge in [0.15, 0.2) is 0 Å². The van der Waals surface area contributed by atoms with Gasteiger partial charge in [-0.1, -0.05) is 24.1 Å². The van der Waals surface area contributed by atoms with E-state index in [1.807, 2.05) is 11.2 Å². The van der Waals surface area contributed by atoms with Crippen molar-refractivity contribution in [3.63, 3.8) is 0 Å². The molecule has 1 amide bonds. The summed E-state index contributed by atoms with van der Waals surface area (Å²) >= 11 is 1.55. The number of nitrogens with one attached hydrogen (secondary N) is 1. The normalized spacial score (nSPS) is 23.9. The maximum atomic E-state index is 14.3. The summed E-state index contributed by atoms with van der Waals surface area (Å²) in [5.74, 6) is -2.29. The fraction of sp³-hybridized carbons (Fsp3) is 0.409. The highest BCUT2D eigenvalue weighted by molar-refractivity contribution is 7.96. The van der Waals surface area contributed by atoms with Gasteiger partial charge in [-0.05, 0) is 66.8 Å². The third kappa shape index (κ3) is 4.16. The van der Waals surface area contributed by atoms with Gasteiger partial charge in [0.2, 0.25) is 5.91 Å². The second-order valence-electron chi connectivity index (χ2n) is 7.72. The third-order valence-corrected chi connectivity index (χ3v) is 6.34. The van der Waals surface area contributed by atoms with Crippen LogP contribution in [-0.4, -0.2) is 36.2 Å². The molecule has 2 aromatic rings. The van der Waals surface area contributed by atoms with Crippen LogP contribution in [0.3, 0.4) is 0 Å². The smallest absolute Gasteiger partial charge is 0.226 e. The zero-order valence-electron chi connectivity index (χ0n) is 16.1. The number of halogens is 3. The molecular formula is C22H23F3N2OS. The van der Waals surface area contributed by atoms with E-state index in [1.165, 1.54) is 36.4 Å². The molecule has 2 fully saturated rings. The lowest BCUT2D eigenvalue weighted by atomic mass is 9.94. The highest BCUT2D eigenvalue weighted by atomic mass is 32.2. The molecule has 2 aromatic carbocycles. The van der Waals surface area contributed by atoms with E-state index in [2.05, 4.69) is 4.72 Å². The lowest BCUT2D eigenvalue weighted by molar-refractivity contribution is -0.133. The Kier molecular flexibility index (Phi) is 5.88. The largest absolute Gasteiger partial charge is 0.341 e. The molecule has 3 unspecified atom stereocenters. The van der Waals surface area contributed by atoms with Gasteiger partial charge in [0.1, 0.15) is 17.5 Å². The van der Waals surface area contributed by atoms with E-state index in [-0.39, 0.29) is 29.3 Å². The fourth-order valence-corrected chi connectivity index (χ4v) is 4.84. The second kappa shape index (κ2) is 8.40. The predicted octanol–water partition coefficient (Wildman–Crippen LogP) is 4.73. The van der Waals surface area contributed by atoms with Crippen LogP contribution in [0.4, 0.5) is 13.2 Å². The van der Waals surface area contributed by atoms with Crippen LogP contribution in [0, 0.1) is 23.4 Å². The SMILES string of the molecule is CSNC1CCCN(C(=O)C2CC2c2cc(F)ccc2-c2c(F)cccc2F)C1. The zero-order valence-corrected chi connectivity index (χ0v) is 16.9. The first-order chi connectivity index (χ1) is 14.0. The Balaban J connectivity index is 1.58. The van der Waals surface area contributed by atoms with Gasteiger partial charge in [-0.25, -0.2) is 13.2 Å². The molecule has 7 heteroatoms. The van der Waals surface area contributed by atoms with Gasteiger partial charge in [-0.15, -0.1) is 0 Å². The summed E-state index contributed by atoms with van der Waals surface area (Å²) in [7, 11) is 0. The van der Waals surface area contributed by atoms with E-state index in [4.69, 9.17) is 0 Å². The van der Waals surface area contributed by atoms with Crippen molar-refractivity contribution >= 4 is 17.9 Å². The lowest BCUT2D eigenvalue weighted by Crippen LogP contribution is -2.46. The van der Waals surface area contributed by atoms with Crippen molar-refractivity contribution in [2.75, 3.05) is 19.3 Å². The number of benzene rings is 2. The average Bonchev–Trinajstić information content (AvgIpc) is 3.49. The minimum atomic E-state index is -0.691. The number of nitrogens with zero attached hydrogens (tertiary/aromatic N) is 1. The van der Waals surface area contributed by atoms with Crippen molar-refractivity contribution in [2.45, 2.75) is 31.2 Å². The van der Waals surface area contributed by atoms with E-state index in [9.17, 15) is 18.0 Å². The van der Waals surface area contributed by atoms with Gasteiger partial charge in [0.25, 0.3) is 0 Å². The van der Waals surface area contributed by atoms with Gasteiger partial charge in [-0.2, -0.15) is 0 Å². The summed E-state index contributed by atoms with van der Waals surface area (Å²) in [5, 5.41) is 0. The Labute approximate surface area is 172 Å². The molecule has 0 spiro atoms. The molecule has 1 saturated carbocycles.